The Kier molecular flexibility index (Phi) is 7.20. The van der Waals surface area contributed by atoms with Gasteiger partial charge in [0.2, 0.25) is 0 Å². The number of aromatic hydroxyl groups is 2. The molecule has 0 aliphatic heterocycles. The van der Waals surface area contributed by atoms with Crippen molar-refractivity contribution in [3.8, 4) is 11.8 Å². The van der Waals surface area contributed by atoms with Crippen molar-refractivity contribution in [2.45, 2.75) is 30.8 Å². The predicted octanol–water partition coefficient (Wildman–Crippen LogP) is 3.04. The third kappa shape index (κ3) is 5.93. The number of nitrogens with zero attached hydrogens (tertiary/aromatic N) is 2. The first kappa shape index (κ1) is 18.4. The summed E-state index contributed by atoms with van der Waals surface area (Å²) in [4.78, 5) is 27.8. The Bertz CT molecular complexity index is 669. The molecule has 2 N–H and O–H groups in total. The van der Waals surface area contributed by atoms with E-state index >= 15 is 0 Å². The summed E-state index contributed by atoms with van der Waals surface area (Å²) < 4.78 is 1.10. The van der Waals surface area contributed by atoms with Gasteiger partial charge in [-0.3, -0.25) is 14.2 Å². The maximum absolute atomic E-state index is 11.8. The summed E-state index contributed by atoms with van der Waals surface area (Å²) >= 11 is 0. The molecule has 2 aromatic rings. The predicted molar refractivity (Wildman–Crippen MR) is 94.2 cm³/mol. The van der Waals surface area contributed by atoms with Crippen LogP contribution in [0.4, 0.5) is 0 Å². The van der Waals surface area contributed by atoms with Crippen LogP contribution in [0.3, 0.4) is 0 Å². The molecule has 0 aliphatic carbocycles. The molecule has 0 amide bonds. The smallest absolute Gasteiger partial charge is 0.194 e. The molecule has 0 spiro atoms. The van der Waals surface area contributed by atoms with E-state index in [9.17, 15) is 19.8 Å². The lowest BCUT2D eigenvalue weighted by Gasteiger charge is -2.06. The van der Waals surface area contributed by atoms with Crippen molar-refractivity contribution in [3.63, 3.8) is 0 Å². The van der Waals surface area contributed by atoms with E-state index in [4.69, 9.17) is 0 Å². The van der Waals surface area contributed by atoms with E-state index in [0.717, 1.165) is 9.59 Å². The standard InChI is InChI=1S/C16H18N2O4S2/c19-12(8-10-23-24-14-3-1-2-9-17-14)4-5-13(20)11-18-15(21)6-7-16(18)22/h1-3,6-7,9,21-22H,4-5,8,10-11H2. The second-order valence-electron chi connectivity index (χ2n) is 5.04. The number of hydrogen-bond acceptors (Lipinski definition) is 7. The SMILES string of the molecule is O=C(CCSSc1ccccn1)CCC(=O)Cn1c(O)ccc1O. The van der Waals surface area contributed by atoms with E-state index < -0.39 is 0 Å². The van der Waals surface area contributed by atoms with Crippen molar-refractivity contribution in [1.82, 2.24) is 9.55 Å². The van der Waals surface area contributed by atoms with Crippen molar-refractivity contribution < 1.29 is 19.8 Å². The van der Waals surface area contributed by atoms with Gasteiger partial charge in [0.05, 0.1) is 6.54 Å². The highest BCUT2D eigenvalue weighted by Crippen LogP contribution is 2.29. The van der Waals surface area contributed by atoms with Gasteiger partial charge >= 0.3 is 0 Å². The van der Waals surface area contributed by atoms with Crippen LogP contribution in [0.25, 0.3) is 0 Å². The van der Waals surface area contributed by atoms with E-state index in [1.807, 2.05) is 18.2 Å². The first-order valence-corrected chi connectivity index (χ1v) is 9.69. The lowest BCUT2D eigenvalue weighted by molar-refractivity contribution is -0.124. The summed E-state index contributed by atoms with van der Waals surface area (Å²) in [6.45, 7) is -0.137. The molecule has 24 heavy (non-hydrogen) atoms. The molecule has 0 saturated carbocycles. The average molecular weight is 366 g/mol. The summed E-state index contributed by atoms with van der Waals surface area (Å²) in [5.74, 6) is 0.136. The quantitative estimate of drug-likeness (QED) is 0.493. The summed E-state index contributed by atoms with van der Waals surface area (Å²) in [6, 6.07) is 8.29. The fraction of sp³-hybridized carbons (Fsp3) is 0.312. The minimum absolute atomic E-state index is 0.0263. The van der Waals surface area contributed by atoms with Gasteiger partial charge in [-0.05, 0) is 22.9 Å². The van der Waals surface area contributed by atoms with Crippen molar-refractivity contribution in [1.29, 1.82) is 0 Å². The fourth-order valence-electron chi connectivity index (χ4n) is 1.92. The molecule has 2 heterocycles. The number of pyridine rings is 1. The van der Waals surface area contributed by atoms with Crippen LogP contribution in [0, 0.1) is 0 Å². The molecule has 2 rings (SSSR count). The van der Waals surface area contributed by atoms with Crippen LogP contribution in [0.5, 0.6) is 11.8 Å². The average Bonchev–Trinajstić information content (AvgIpc) is 2.90. The first-order valence-electron chi connectivity index (χ1n) is 7.37. The zero-order valence-corrected chi connectivity index (χ0v) is 14.6. The summed E-state index contributed by atoms with van der Waals surface area (Å²) in [5.41, 5.74) is 0. The van der Waals surface area contributed by atoms with E-state index in [-0.39, 0.29) is 42.7 Å². The van der Waals surface area contributed by atoms with Gasteiger partial charge in [0.25, 0.3) is 0 Å². The molecule has 0 saturated heterocycles. The molecule has 0 radical (unpaired) electrons. The Morgan fingerprint density at radius 2 is 1.71 bits per heavy atom. The van der Waals surface area contributed by atoms with Gasteiger partial charge in [-0.15, -0.1) is 0 Å². The molecular formula is C16H18N2O4S2. The molecule has 0 fully saturated rings. The van der Waals surface area contributed by atoms with Gasteiger partial charge in [-0.25, -0.2) is 4.98 Å². The van der Waals surface area contributed by atoms with Crippen LogP contribution in [-0.2, 0) is 16.1 Å². The zero-order valence-electron chi connectivity index (χ0n) is 12.9. The van der Waals surface area contributed by atoms with Gasteiger partial charge in [-0.1, -0.05) is 16.9 Å². The van der Waals surface area contributed by atoms with E-state index in [1.165, 1.54) is 22.9 Å². The minimum Gasteiger partial charge on any atom is -0.494 e. The Morgan fingerprint density at radius 1 is 1.00 bits per heavy atom. The van der Waals surface area contributed by atoms with Crippen molar-refractivity contribution in [2.75, 3.05) is 5.75 Å². The highest BCUT2D eigenvalue weighted by molar-refractivity contribution is 8.76. The van der Waals surface area contributed by atoms with Gasteiger partial charge in [0, 0.05) is 43.3 Å². The summed E-state index contributed by atoms with van der Waals surface area (Å²) in [5, 5.41) is 19.8. The van der Waals surface area contributed by atoms with Gasteiger partial charge in [-0.2, -0.15) is 0 Å². The zero-order chi connectivity index (χ0) is 17.4. The van der Waals surface area contributed by atoms with E-state index in [2.05, 4.69) is 4.98 Å². The number of aromatic nitrogens is 2. The molecule has 6 nitrogen and oxygen atoms in total. The van der Waals surface area contributed by atoms with Crippen LogP contribution in [-0.4, -0.2) is 37.1 Å². The molecule has 2 aromatic heterocycles. The highest BCUT2D eigenvalue weighted by atomic mass is 33.1. The monoisotopic (exact) mass is 366 g/mol. The molecule has 0 aromatic carbocycles. The van der Waals surface area contributed by atoms with Crippen molar-refractivity contribution >= 4 is 33.2 Å². The Balaban J connectivity index is 1.61. The second kappa shape index (κ2) is 9.39. The number of hydrogen-bond donors (Lipinski definition) is 2. The fourth-order valence-corrected chi connectivity index (χ4v) is 3.83. The van der Waals surface area contributed by atoms with Gasteiger partial charge in [0.15, 0.2) is 17.5 Å². The number of carbonyl (C=O) groups excluding carboxylic acids is 2. The third-order valence-corrected chi connectivity index (χ3v) is 5.46. The molecule has 128 valence electrons. The lowest BCUT2D eigenvalue weighted by Crippen LogP contribution is -2.11. The first-order chi connectivity index (χ1) is 11.6. The number of Topliss-reactive ketones (excluding diaryl/α,β-unsaturated/α-hetero) is 2. The largest absolute Gasteiger partial charge is 0.494 e. The Morgan fingerprint density at radius 3 is 2.38 bits per heavy atom. The molecule has 8 heteroatoms. The van der Waals surface area contributed by atoms with E-state index in [0.29, 0.717) is 12.2 Å². The topological polar surface area (TPSA) is 92.4 Å². The van der Waals surface area contributed by atoms with Crippen LogP contribution in [0.1, 0.15) is 19.3 Å². The number of carbonyl (C=O) groups is 2. The highest BCUT2D eigenvalue weighted by Gasteiger charge is 2.12. The molecule has 0 aliphatic rings. The third-order valence-electron chi connectivity index (χ3n) is 3.20. The summed E-state index contributed by atoms with van der Waals surface area (Å²) in [6.07, 6.45) is 2.40. The second-order valence-corrected chi connectivity index (χ2v) is 7.47. The molecule has 0 atom stereocenters. The van der Waals surface area contributed by atoms with Crippen LogP contribution >= 0.6 is 21.6 Å². The number of rotatable bonds is 10. The van der Waals surface area contributed by atoms with Gasteiger partial charge < -0.3 is 10.2 Å². The normalized spacial score (nSPS) is 10.7. The number of ketones is 2. The van der Waals surface area contributed by atoms with Crippen molar-refractivity contribution in [2.24, 2.45) is 0 Å². The Labute approximate surface area is 147 Å². The molecule has 0 bridgehead atoms. The minimum atomic E-state index is -0.208. The van der Waals surface area contributed by atoms with Gasteiger partial charge in [0.1, 0.15) is 10.8 Å². The lowest BCUT2D eigenvalue weighted by atomic mass is 10.1. The summed E-state index contributed by atoms with van der Waals surface area (Å²) in [7, 11) is 3.08. The maximum atomic E-state index is 11.8. The van der Waals surface area contributed by atoms with Crippen molar-refractivity contribution in [3.05, 3.63) is 36.5 Å². The van der Waals surface area contributed by atoms with Crippen LogP contribution in [0.15, 0.2) is 41.6 Å². The Hall–Kier alpha value is -1.93. The van der Waals surface area contributed by atoms with Crippen LogP contribution in [0.2, 0.25) is 0 Å². The molecular weight excluding hydrogens is 348 g/mol. The maximum Gasteiger partial charge on any atom is 0.194 e. The van der Waals surface area contributed by atoms with E-state index in [1.54, 1.807) is 17.0 Å². The van der Waals surface area contributed by atoms with Crippen LogP contribution < -0.4 is 0 Å². The molecule has 0 unspecified atom stereocenters.